The van der Waals surface area contributed by atoms with Gasteiger partial charge in [0, 0.05) is 10.9 Å². The highest BCUT2D eigenvalue weighted by Crippen LogP contribution is 2.34. The average Bonchev–Trinajstić information content (AvgIpc) is 3.27. The van der Waals surface area contributed by atoms with Crippen molar-refractivity contribution in [1.29, 1.82) is 0 Å². The number of hydrogen-bond donors (Lipinski definition) is 0. The van der Waals surface area contributed by atoms with Gasteiger partial charge in [-0.3, -0.25) is 9.20 Å². The highest BCUT2D eigenvalue weighted by Gasteiger charge is 2.19. The van der Waals surface area contributed by atoms with E-state index < -0.39 is 0 Å². The molecular formula is C22H18N2OS. The predicted molar refractivity (Wildman–Crippen MR) is 106 cm³/mol. The molecule has 0 unspecified atom stereocenters. The van der Waals surface area contributed by atoms with Crippen molar-refractivity contribution in [2.75, 3.05) is 0 Å². The van der Waals surface area contributed by atoms with Crippen molar-refractivity contribution in [3.05, 3.63) is 70.7 Å². The van der Waals surface area contributed by atoms with Crippen LogP contribution < -0.4 is 0 Å². The third-order valence-corrected chi connectivity index (χ3v) is 6.03. The lowest BCUT2D eigenvalue weighted by Gasteiger charge is -2.16. The maximum absolute atomic E-state index is 11.9. The highest BCUT2D eigenvalue weighted by atomic mass is 32.1. The second kappa shape index (κ2) is 6.22. The van der Waals surface area contributed by atoms with Gasteiger partial charge >= 0.3 is 0 Å². The topological polar surface area (TPSA) is 34.4 Å². The number of aromatic nitrogens is 2. The summed E-state index contributed by atoms with van der Waals surface area (Å²) in [5.74, 6) is 0. The van der Waals surface area contributed by atoms with Crippen LogP contribution in [0.15, 0.2) is 53.9 Å². The summed E-state index contributed by atoms with van der Waals surface area (Å²) in [5, 5.41) is 2.11. The molecule has 2 aromatic carbocycles. The molecule has 0 fully saturated rings. The number of aryl methyl sites for hydroxylation is 2. The van der Waals surface area contributed by atoms with Crippen molar-refractivity contribution in [2.24, 2.45) is 0 Å². The number of hydrogen-bond acceptors (Lipinski definition) is 3. The highest BCUT2D eigenvalue weighted by molar-refractivity contribution is 7.15. The number of carbonyl (C=O) groups excluding carboxylic acids is 1. The van der Waals surface area contributed by atoms with E-state index in [9.17, 15) is 4.79 Å². The Labute approximate surface area is 156 Å². The molecular weight excluding hydrogens is 340 g/mol. The van der Waals surface area contributed by atoms with Gasteiger partial charge in [0.05, 0.1) is 5.69 Å². The normalized spacial score (nSPS) is 13.7. The first kappa shape index (κ1) is 15.5. The van der Waals surface area contributed by atoms with E-state index in [1.165, 1.54) is 30.4 Å². The average molecular weight is 358 g/mol. The van der Waals surface area contributed by atoms with Gasteiger partial charge < -0.3 is 0 Å². The third-order valence-electron chi connectivity index (χ3n) is 5.20. The van der Waals surface area contributed by atoms with E-state index in [1.54, 1.807) is 11.3 Å². The molecule has 0 spiro atoms. The van der Waals surface area contributed by atoms with Gasteiger partial charge in [-0.25, -0.2) is 4.98 Å². The van der Waals surface area contributed by atoms with Crippen molar-refractivity contribution < 1.29 is 4.79 Å². The van der Waals surface area contributed by atoms with Crippen molar-refractivity contribution in [2.45, 2.75) is 25.7 Å². The third kappa shape index (κ3) is 2.41. The number of fused-ring (bicyclic) bond motifs is 2. The molecule has 0 N–H and O–H groups in total. The second-order valence-electron chi connectivity index (χ2n) is 6.76. The summed E-state index contributed by atoms with van der Waals surface area (Å²) in [6.07, 6.45) is 5.80. The number of carbonyl (C=O) groups is 1. The second-order valence-corrected chi connectivity index (χ2v) is 7.60. The maximum atomic E-state index is 11.9. The summed E-state index contributed by atoms with van der Waals surface area (Å²) in [6.45, 7) is 0. The van der Waals surface area contributed by atoms with Gasteiger partial charge in [0.1, 0.15) is 11.4 Å². The Morgan fingerprint density at radius 3 is 2.58 bits per heavy atom. The Morgan fingerprint density at radius 1 is 0.962 bits per heavy atom. The summed E-state index contributed by atoms with van der Waals surface area (Å²) < 4.78 is 2.00. The molecule has 4 aromatic rings. The Balaban J connectivity index is 1.70. The first-order valence-corrected chi connectivity index (χ1v) is 9.86. The predicted octanol–water partition coefficient (Wildman–Crippen LogP) is 5.42. The Hall–Kier alpha value is -2.72. The van der Waals surface area contributed by atoms with Crippen LogP contribution in [0, 0.1) is 0 Å². The van der Waals surface area contributed by atoms with Crippen molar-refractivity contribution >= 4 is 22.6 Å². The van der Waals surface area contributed by atoms with Crippen LogP contribution in [0.25, 0.3) is 27.5 Å². The quantitative estimate of drug-likeness (QED) is 0.458. The van der Waals surface area contributed by atoms with E-state index >= 15 is 0 Å². The van der Waals surface area contributed by atoms with E-state index in [4.69, 9.17) is 4.98 Å². The van der Waals surface area contributed by atoms with E-state index in [1.807, 2.05) is 34.7 Å². The first-order valence-electron chi connectivity index (χ1n) is 8.98. The Morgan fingerprint density at radius 2 is 1.77 bits per heavy atom. The van der Waals surface area contributed by atoms with E-state index in [-0.39, 0.29) is 0 Å². The summed E-state index contributed by atoms with van der Waals surface area (Å²) in [6, 6.07) is 16.7. The van der Waals surface area contributed by atoms with Crippen LogP contribution in [0.2, 0.25) is 0 Å². The molecule has 4 heteroatoms. The lowest BCUT2D eigenvalue weighted by molar-refractivity contribution is 0.111. The fourth-order valence-electron chi connectivity index (χ4n) is 3.89. The molecule has 0 bridgehead atoms. The molecule has 0 saturated carbocycles. The van der Waals surface area contributed by atoms with Gasteiger partial charge in [-0.05, 0) is 48.4 Å². The monoisotopic (exact) mass is 358 g/mol. The van der Waals surface area contributed by atoms with Crippen LogP contribution in [-0.4, -0.2) is 15.7 Å². The van der Waals surface area contributed by atoms with Gasteiger partial charge in [0.15, 0.2) is 11.2 Å². The van der Waals surface area contributed by atoms with Gasteiger partial charge in [-0.2, -0.15) is 0 Å². The molecule has 0 saturated heterocycles. The van der Waals surface area contributed by atoms with Crippen molar-refractivity contribution in [1.82, 2.24) is 9.38 Å². The minimum atomic E-state index is 0.625. The van der Waals surface area contributed by atoms with E-state index in [0.717, 1.165) is 40.2 Å². The van der Waals surface area contributed by atoms with Crippen LogP contribution in [-0.2, 0) is 12.8 Å². The molecule has 2 aromatic heterocycles. The Bertz CT molecular complexity index is 1110. The summed E-state index contributed by atoms with van der Waals surface area (Å²) >= 11 is 1.58. The fraction of sp³-hybridized carbons (Fsp3) is 0.182. The molecule has 1 aliphatic rings. The molecule has 2 heterocycles. The number of thiazole rings is 1. The summed E-state index contributed by atoms with van der Waals surface area (Å²) in [4.78, 5) is 17.5. The molecule has 128 valence electrons. The zero-order valence-electron chi connectivity index (χ0n) is 14.3. The fourth-order valence-corrected chi connectivity index (χ4v) is 4.80. The van der Waals surface area contributed by atoms with Crippen LogP contribution >= 0.6 is 11.3 Å². The molecule has 0 radical (unpaired) electrons. The number of benzene rings is 2. The zero-order valence-corrected chi connectivity index (χ0v) is 15.1. The van der Waals surface area contributed by atoms with Crippen LogP contribution in [0.4, 0.5) is 0 Å². The molecule has 26 heavy (non-hydrogen) atoms. The Kier molecular flexibility index (Phi) is 3.71. The molecule has 0 atom stereocenters. The van der Waals surface area contributed by atoms with Gasteiger partial charge in [-0.1, -0.05) is 42.5 Å². The van der Waals surface area contributed by atoms with Crippen molar-refractivity contribution in [3.8, 4) is 22.5 Å². The molecule has 0 aliphatic heterocycles. The van der Waals surface area contributed by atoms with Gasteiger partial charge in [0.2, 0.25) is 0 Å². The smallest absolute Gasteiger partial charge is 0.195 e. The standard InChI is InChI=1S/C22H18N2OS/c25-13-19-21(16-7-2-1-3-8-16)23-22-24(19)20(14-26-22)18-11-10-15-6-4-5-9-17(15)12-18/h1-3,7-8,10-14H,4-6,9H2. The number of rotatable bonds is 3. The number of nitrogens with zero attached hydrogens (tertiary/aromatic N) is 2. The van der Waals surface area contributed by atoms with E-state index in [0.29, 0.717) is 5.69 Å². The van der Waals surface area contributed by atoms with Crippen LogP contribution in [0.5, 0.6) is 0 Å². The van der Waals surface area contributed by atoms with Crippen molar-refractivity contribution in [3.63, 3.8) is 0 Å². The summed E-state index contributed by atoms with van der Waals surface area (Å²) in [5.41, 5.74) is 7.49. The molecule has 3 nitrogen and oxygen atoms in total. The number of aldehydes is 1. The lowest BCUT2D eigenvalue weighted by Crippen LogP contribution is -2.02. The minimum absolute atomic E-state index is 0.625. The van der Waals surface area contributed by atoms with Crippen LogP contribution in [0.3, 0.4) is 0 Å². The van der Waals surface area contributed by atoms with Gasteiger partial charge in [-0.15, -0.1) is 11.3 Å². The van der Waals surface area contributed by atoms with E-state index in [2.05, 4.69) is 23.6 Å². The first-order chi connectivity index (χ1) is 12.8. The van der Waals surface area contributed by atoms with Crippen LogP contribution in [0.1, 0.15) is 34.5 Å². The molecule has 1 aliphatic carbocycles. The molecule has 0 amide bonds. The van der Waals surface area contributed by atoms with Gasteiger partial charge in [0.25, 0.3) is 0 Å². The molecule has 5 rings (SSSR count). The minimum Gasteiger partial charge on any atom is -0.296 e. The largest absolute Gasteiger partial charge is 0.296 e. The summed E-state index contributed by atoms with van der Waals surface area (Å²) in [7, 11) is 0. The zero-order chi connectivity index (χ0) is 17.5. The lowest BCUT2D eigenvalue weighted by atomic mass is 9.90. The number of imidazole rings is 1. The maximum Gasteiger partial charge on any atom is 0.195 e. The SMILES string of the molecule is O=Cc1c(-c2ccccc2)nc2scc(-c3ccc4c(c3)CCCC4)n12.